The number of rotatable bonds is 13. The molecule has 0 radical (unpaired) electrons. The number of hydrogen-bond donors (Lipinski definition) is 4. The molecule has 0 saturated carbocycles. The van der Waals surface area contributed by atoms with E-state index in [2.05, 4.69) is 15.5 Å². The van der Waals surface area contributed by atoms with Crippen molar-refractivity contribution in [3.63, 3.8) is 0 Å². The Kier molecular flexibility index (Phi) is 10.9. The fraction of sp³-hybridized carbons (Fsp3) is 0.375. The van der Waals surface area contributed by atoms with Gasteiger partial charge < -0.3 is 25.7 Å². The molecule has 4 atom stereocenters. The van der Waals surface area contributed by atoms with Gasteiger partial charge in [-0.05, 0) is 48.7 Å². The van der Waals surface area contributed by atoms with Crippen LogP contribution < -0.4 is 15.5 Å². The maximum atomic E-state index is 13.4. The summed E-state index contributed by atoms with van der Waals surface area (Å²) in [5, 5.41) is 28.0. The number of hydrogen-bond acceptors (Lipinski definition) is 7. The van der Waals surface area contributed by atoms with E-state index in [1.165, 1.54) is 0 Å². The lowest BCUT2D eigenvalue weighted by molar-refractivity contribution is -0.181. The minimum absolute atomic E-state index is 0.156. The van der Waals surface area contributed by atoms with Gasteiger partial charge in [0, 0.05) is 43.9 Å². The van der Waals surface area contributed by atoms with Gasteiger partial charge in [0.15, 0.2) is 0 Å². The van der Waals surface area contributed by atoms with Crippen LogP contribution in [-0.2, 0) is 22.7 Å². The lowest BCUT2D eigenvalue weighted by atomic mass is 9.89. The maximum Gasteiger partial charge on any atom is 0.251 e. The number of aliphatic hydroxyl groups excluding tert-OH is 2. The Balaban J connectivity index is 1.38. The average Bonchev–Trinajstić information content (AvgIpc) is 3.37. The van der Waals surface area contributed by atoms with Gasteiger partial charge in [-0.25, -0.2) is 0 Å². The summed E-state index contributed by atoms with van der Waals surface area (Å²) >= 11 is 0. The van der Waals surface area contributed by atoms with Crippen molar-refractivity contribution in [2.24, 2.45) is 5.92 Å². The van der Waals surface area contributed by atoms with Crippen LogP contribution in [0.5, 0.6) is 0 Å². The largest absolute Gasteiger partial charge is 0.394 e. The van der Waals surface area contributed by atoms with E-state index in [1.54, 1.807) is 24.1 Å². The van der Waals surface area contributed by atoms with Crippen LogP contribution in [0.2, 0.25) is 0 Å². The summed E-state index contributed by atoms with van der Waals surface area (Å²) in [6, 6.07) is 26.0. The predicted molar refractivity (Wildman–Crippen MR) is 158 cm³/mol. The topological polar surface area (TPSA) is 114 Å². The van der Waals surface area contributed by atoms with Crippen molar-refractivity contribution >= 4 is 17.5 Å². The molecule has 0 aromatic heterocycles. The van der Waals surface area contributed by atoms with Gasteiger partial charge in [0.05, 0.1) is 19.3 Å². The van der Waals surface area contributed by atoms with E-state index in [9.17, 15) is 19.8 Å². The predicted octanol–water partition coefficient (Wildman–Crippen LogP) is 2.73. The molecule has 1 saturated heterocycles. The third-order valence-electron chi connectivity index (χ3n) is 7.37. The van der Waals surface area contributed by atoms with Gasteiger partial charge in [0.25, 0.3) is 5.91 Å². The smallest absolute Gasteiger partial charge is 0.251 e. The van der Waals surface area contributed by atoms with Crippen LogP contribution in [-0.4, -0.2) is 72.1 Å². The summed E-state index contributed by atoms with van der Waals surface area (Å²) in [6.07, 6.45) is -0.829. The molecule has 0 spiro atoms. The minimum Gasteiger partial charge on any atom is -0.394 e. The molecule has 1 heterocycles. The van der Waals surface area contributed by atoms with Crippen LogP contribution in [0.3, 0.4) is 0 Å². The standard InChI is InChI=1S/C32H40N4O5/c1-23(38)29-28(22-37)41-36(30(29)32(40)33-17-10-18-35(2)27-15-7-4-8-16-27)21-25-12-9-11-24(19-25)20-34-31(39)26-13-5-3-6-14-26/h3-9,11-16,19,23,28-30,37-38H,10,17-18,20-22H2,1-2H3,(H,33,40)(H,34,39)/t23-,28-,29+,30-/m1/s1. The molecule has 0 bridgehead atoms. The van der Waals surface area contributed by atoms with Crippen molar-refractivity contribution in [2.45, 2.75) is 44.7 Å². The van der Waals surface area contributed by atoms with Crippen LogP contribution in [0, 0.1) is 5.92 Å². The molecule has 41 heavy (non-hydrogen) atoms. The van der Waals surface area contributed by atoms with Crippen LogP contribution in [0.15, 0.2) is 84.9 Å². The van der Waals surface area contributed by atoms with Gasteiger partial charge in [-0.1, -0.05) is 60.7 Å². The number of para-hydroxylation sites is 1. The normalized spacial score (nSPS) is 19.5. The van der Waals surface area contributed by atoms with E-state index in [4.69, 9.17) is 4.84 Å². The van der Waals surface area contributed by atoms with Crippen molar-refractivity contribution in [2.75, 3.05) is 31.6 Å². The molecule has 3 aromatic rings. The first kappa shape index (κ1) is 30.2. The highest BCUT2D eigenvalue weighted by Crippen LogP contribution is 2.32. The highest BCUT2D eigenvalue weighted by Gasteiger charge is 2.49. The van der Waals surface area contributed by atoms with Crippen molar-refractivity contribution in [1.82, 2.24) is 15.7 Å². The van der Waals surface area contributed by atoms with E-state index in [0.717, 1.165) is 29.8 Å². The third kappa shape index (κ3) is 8.14. The SMILES string of the molecule is C[C@@H](O)[C@H]1[C@@H](CO)ON(Cc2cccc(CNC(=O)c3ccccc3)c2)[C@H]1C(=O)NCCCN(C)c1ccccc1. The minimum atomic E-state index is -0.864. The maximum absolute atomic E-state index is 13.4. The second kappa shape index (κ2) is 14.7. The zero-order valence-corrected chi connectivity index (χ0v) is 23.6. The Morgan fingerprint density at radius 3 is 2.34 bits per heavy atom. The lowest BCUT2D eigenvalue weighted by Crippen LogP contribution is -2.49. The highest BCUT2D eigenvalue weighted by molar-refractivity contribution is 5.94. The number of aliphatic hydroxyl groups is 2. The van der Waals surface area contributed by atoms with Gasteiger partial charge in [-0.15, -0.1) is 0 Å². The average molecular weight is 561 g/mol. The Bertz CT molecular complexity index is 1260. The molecule has 0 aliphatic carbocycles. The summed E-state index contributed by atoms with van der Waals surface area (Å²) in [7, 11) is 2.01. The summed E-state index contributed by atoms with van der Waals surface area (Å²) < 4.78 is 0. The van der Waals surface area contributed by atoms with Crippen molar-refractivity contribution in [1.29, 1.82) is 0 Å². The lowest BCUT2D eigenvalue weighted by Gasteiger charge is -2.27. The zero-order chi connectivity index (χ0) is 29.2. The Morgan fingerprint density at radius 2 is 1.66 bits per heavy atom. The van der Waals surface area contributed by atoms with Crippen LogP contribution in [0.25, 0.3) is 0 Å². The fourth-order valence-corrected chi connectivity index (χ4v) is 5.21. The van der Waals surface area contributed by atoms with Gasteiger partial charge in [0.2, 0.25) is 5.91 Å². The van der Waals surface area contributed by atoms with E-state index >= 15 is 0 Å². The van der Waals surface area contributed by atoms with Crippen molar-refractivity contribution in [3.05, 3.63) is 102 Å². The van der Waals surface area contributed by atoms with E-state index in [-0.39, 0.29) is 25.0 Å². The molecule has 9 nitrogen and oxygen atoms in total. The summed E-state index contributed by atoms with van der Waals surface area (Å²) in [4.78, 5) is 34.0. The number of nitrogens with zero attached hydrogens (tertiary/aromatic N) is 2. The summed E-state index contributed by atoms with van der Waals surface area (Å²) in [6.45, 7) is 3.15. The number of carbonyl (C=O) groups excluding carboxylic acids is 2. The second-order valence-electron chi connectivity index (χ2n) is 10.4. The molecule has 2 amide bonds. The van der Waals surface area contributed by atoms with Gasteiger partial charge in [-0.3, -0.25) is 14.4 Å². The van der Waals surface area contributed by atoms with Crippen LogP contribution in [0.4, 0.5) is 5.69 Å². The van der Waals surface area contributed by atoms with E-state index < -0.39 is 24.2 Å². The molecule has 4 rings (SSSR count). The highest BCUT2D eigenvalue weighted by atomic mass is 16.7. The first-order valence-corrected chi connectivity index (χ1v) is 14.0. The number of anilines is 1. The Morgan fingerprint density at radius 1 is 0.976 bits per heavy atom. The molecule has 0 unspecified atom stereocenters. The van der Waals surface area contributed by atoms with Crippen LogP contribution in [0.1, 0.15) is 34.8 Å². The molecule has 1 fully saturated rings. The van der Waals surface area contributed by atoms with Crippen molar-refractivity contribution in [3.8, 4) is 0 Å². The number of nitrogens with one attached hydrogen (secondary N) is 2. The second-order valence-corrected chi connectivity index (χ2v) is 10.4. The van der Waals surface area contributed by atoms with Gasteiger partial charge in [-0.2, -0.15) is 5.06 Å². The first-order valence-electron chi connectivity index (χ1n) is 14.0. The fourth-order valence-electron chi connectivity index (χ4n) is 5.21. The zero-order valence-electron chi connectivity index (χ0n) is 23.6. The Labute approximate surface area is 241 Å². The summed E-state index contributed by atoms with van der Waals surface area (Å²) in [5.41, 5.74) is 3.48. The number of amides is 2. The van der Waals surface area contributed by atoms with E-state index in [0.29, 0.717) is 18.7 Å². The molecule has 3 aromatic carbocycles. The summed E-state index contributed by atoms with van der Waals surface area (Å²) in [5.74, 6) is -1.00. The van der Waals surface area contributed by atoms with Gasteiger partial charge in [0.1, 0.15) is 12.1 Å². The number of carbonyl (C=O) groups is 2. The molecule has 218 valence electrons. The van der Waals surface area contributed by atoms with Gasteiger partial charge >= 0.3 is 0 Å². The monoisotopic (exact) mass is 560 g/mol. The molecule has 1 aliphatic rings. The molecular weight excluding hydrogens is 520 g/mol. The number of hydroxylamine groups is 2. The quantitative estimate of drug-likeness (QED) is 0.238. The first-order chi connectivity index (χ1) is 19.9. The van der Waals surface area contributed by atoms with E-state index in [1.807, 2.05) is 79.8 Å². The molecule has 4 N–H and O–H groups in total. The third-order valence-corrected chi connectivity index (χ3v) is 7.37. The Hall–Kier alpha value is -3.76. The number of benzene rings is 3. The molecule has 1 aliphatic heterocycles. The van der Waals surface area contributed by atoms with Crippen LogP contribution >= 0.6 is 0 Å². The molecular formula is C32H40N4O5. The molecule has 9 heteroatoms. The van der Waals surface area contributed by atoms with Crippen molar-refractivity contribution < 1.29 is 24.6 Å².